The molecule has 0 saturated heterocycles. The Morgan fingerprint density at radius 1 is 1.29 bits per heavy atom. The monoisotopic (exact) mass is 325 g/mol. The molecule has 2 aliphatic rings. The van der Waals surface area contributed by atoms with Gasteiger partial charge in [-0.25, -0.2) is 0 Å². The molecular weight excluding hydrogens is 298 g/mol. The van der Waals surface area contributed by atoms with Crippen LogP contribution in [0.15, 0.2) is 18.5 Å². The second kappa shape index (κ2) is 7.16. The van der Waals surface area contributed by atoms with E-state index in [9.17, 15) is 0 Å². The third kappa shape index (κ3) is 3.83. The van der Waals surface area contributed by atoms with Gasteiger partial charge in [-0.15, -0.1) is 0 Å². The van der Waals surface area contributed by atoms with E-state index in [0.29, 0.717) is 17.7 Å². The number of nitrogens with one attached hydrogen (secondary N) is 4. The van der Waals surface area contributed by atoms with E-state index >= 15 is 0 Å². The summed E-state index contributed by atoms with van der Waals surface area (Å²) in [5.74, 6) is 0.380. The standard InChI is InChI=1S/C19H27N5/c1-12(2)24-17-8-18(23-10-14(17)9-20)16(19(21)13-6-7-13)11-22-15-4-3-5-15/h8-13,15,20-22H,3-7H2,1-2H3,(H,23,24)/b16-11-,20-9?,21-19?. The molecule has 128 valence electrons. The van der Waals surface area contributed by atoms with Crippen LogP contribution in [0.4, 0.5) is 5.69 Å². The van der Waals surface area contributed by atoms with Crippen molar-refractivity contribution in [3.8, 4) is 0 Å². The third-order valence-electron chi connectivity index (χ3n) is 4.65. The van der Waals surface area contributed by atoms with Crippen molar-refractivity contribution in [3.63, 3.8) is 0 Å². The lowest BCUT2D eigenvalue weighted by Gasteiger charge is -2.26. The van der Waals surface area contributed by atoms with E-state index in [1.54, 1.807) is 6.20 Å². The Hall–Kier alpha value is -2.17. The molecule has 0 bridgehead atoms. The maximum absolute atomic E-state index is 8.52. The number of pyridine rings is 1. The van der Waals surface area contributed by atoms with Crippen molar-refractivity contribution in [2.75, 3.05) is 5.32 Å². The van der Waals surface area contributed by atoms with Gasteiger partial charge in [0.05, 0.1) is 5.69 Å². The van der Waals surface area contributed by atoms with Gasteiger partial charge in [0.25, 0.3) is 0 Å². The molecule has 0 amide bonds. The van der Waals surface area contributed by atoms with Crippen molar-refractivity contribution in [2.45, 2.75) is 58.0 Å². The zero-order chi connectivity index (χ0) is 17.1. The summed E-state index contributed by atoms with van der Waals surface area (Å²) in [6.45, 7) is 4.16. The van der Waals surface area contributed by atoms with Crippen molar-refractivity contribution in [1.82, 2.24) is 10.3 Å². The number of hydrogen-bond acceptors (Lipinski definition) is 5. The molecule has 1 aromatic rings. The van der Waals surface area contributed by atoms with Gasteiger partial charge in [-0.05, 0) is 52.0 Å². The number of anilines is 1. The molecule has 1 heterocycles. The van der Waals surface area contributed by atoms with Crippen molar-refractivity contribution in [3.05, 3.63) is 29.7 Å². The van der Waals surface area contributed by atoms with Crippen molar-refractivity contribution < 1.29 is 0 Å². The van der Waals surface area contributed by atoms with Gasteiger partial charge < -0.3 is 21.5 Å². The Kier molecular flexibility index (Phi) is 4.97. The van der Waals surface area contributed by atoms with E-state index < -0.39 is 0 Å². The first kappa shape index (κ1) is 16.7. The minimum absolute atomic E-state index is 0.280. The van der Waals surface area contributed by atoms with Gasteiger partial charge in [0.1, 0.15) is 0 Å². The molecule has 0 spiro atoms. The Labute approximate surface area is 144 Å². The minimum atomic E-state index is 0.280. The molecule has 5 nitrogen and oxygen atoms in total. The van der Waals surface area contributed by atoms with Crippen molar-refractivity contribution in [2.24, 2.45) is 5.92 Å². The van der Waals surface area contributed by atoms with Crippen LogP contribution >= 0.6 is 0 Å². The van der Waals surface area contributed by atoms with Gasteiger partial charge in [0.2, 0.25) is 0 Å². The summed E-state index contributed by atoms with van der Waals surface area (Å²) in [6.07, 6.45) is 11.0. The Morgan fingerprint density at radius 3 is 2.58 bits per heavy atom. The van der Waals surface area contributed by atoms with Gasteiger partial charge in [-0.2, -0.15) is 0 Å². The Bertz CT molecular complexity index is 654. The Morgan fingerprint density at radius 2 is 2.04 bits per heavy atom. The fourth-order valence-corrected chi connectivity index (χ4v) is 2.82. The molecular formula is C19H27N5. The average molecular weight is 325 g/mol. The number of hydrogen-bond donors (Lipinski definition) is 4. The fraction of sp³-hybridized carbons (Fsp3) is 0.526. The summed E-state index contributed by atoms with van der Waals surface area (Å²) in [4.78, 5) is 4.53. The molecule has 2 saturated carbocycles. The largest absolute Gasteiger partial charge is 0.388 e. The molecule has 4 N–H and O–H groups in total. The molecule has 0 aromatic carbocycles. The van der Waals surface area contributed by atoms with Crippen LogP contribution in [-0.2, 0) is 0 Å². The van der Waals surface area contributed by atoms with E-state index in [1.807, 2.05) is 12.3 Å². The highest BCUT2D eigenvalue weighted by atomic mass is 14.9. The predicted octanol–water partition coefficient (Wildman–Crippen LogP) is 3.81. The number of nitrogens with zero attached hydrogens (tertiary/aromatic N) is 1. The maximum Gasteiger partial charge on any atom is 0.0755 e. The van der Waals surface area contributed by atoms with Crippen molar-refractivity contribution in [1.29, 1.82) is 10.8 Å². The maximum atomic E-state index is 8.52. The number of aromatic nitrogens is 1. The molecule has 2 fully saturated rings. The predicted molar refractivity (Wildman–Crippen MR) is 100 cm³/mol. The zero-order valence-corrected chi connectivity index (χ0v) is 14.5. The van der Waals surface area contributed by atoms with Crippen molar-refractivity contribution >= 4 is 23.2 Å². The summed E-state index contributed by atoms with van der Waals surface area (Å²) in [5.41, 5.74) is 4.08. The van der Waals surface area contributed by atoms with Crippen LogP contribution in [-0.4, -0.2) is 29.0 Å². The van der Waals surface area contributed by atoms with E-state index in [0.717, 1.165) is 35.4 Å². The lowest BCUT2D eigenvalue weighted by molar-refractivity contribution is 0.373. The molecule has 0 atom stereocenters. The van der Waals surface area contributed by atoms with E-state index in [4.69, 9.17) is 10.8 Å². The first-order chi connectivity index (χ1) is 11.6. The van der Waals surface area contributed by atoms with Crippen LogP contribution in [0.5, 0.6) is 0 Å². The SMILES string of the molecule is CC(C)Nc1cc(/C(=C/NC2CCC2)C(=N)C2CC2)ncc1C=N. The number of allylic oxidation sites excluding steroid dienone is 1. The highest BCUT2D eigenvalue weighted by molar-refractivity contribution is 6.23. The summed E-state index contributed by atoms with van der Waals surface area (Å²) < 4.78 is 0. The summed E-state index contributed by atoms with van der Waals surface area (Å²) in [6, 6.07) is 2.80. The molecule has 1 aromatic heterocycles. The Balaban J connectivity index is 1.90. The first-order valence-corrected chi connectivity index (χ1v) is 8.91. The zero-order valence-electron chi connectivity index (χ0n) is 14.5. The van der Waals surface area contributed by atoms with Crippen LogP contribution < -0.4 is 10.6 Å². The first-order valence-electron chi connectivity index (χ1n) is 8.91. The van der Waals surface area contributed by atoms with Crippen LogP contribution in [0.3, 0.4) is 0 Å². The van der Waals surface area contributed by atoms with Crippen LogP contribution in [0.2, 0.25) is 0 Å². The molecule has 2 aliphatic carbocycles. The lowest BCUT2D eigenvalue weighted by atomic mass is 9.93. The van der Waals surface area contributed by atoms with E-state index in [2.05, 4.69) is 29.5 Å². The molecule has 5 heteroatoms. The molecule has 0 aliphatic heterocycles. The summed E-state index contributed by atoms with van der Waals surface area (Å²) in [7, 11) is 0. The van der Waals surface area contributed by atoms with Crippen LogP contribution in [0.1, 0.15) is 57.2 Å². The summed E-state index contributed by atoms with van der Waals surface area (Å²) in [5, 5.41) is 22.9. The quantitative estimate of drug-likeness (QED) is 0.548. The van der Waals surface area contributed by atoms with E-state index in [-0.39, 0.29) is 6.04 Å². The normalized spacial score (nSPS) is 18.2. The highest BCUT2D eigenvalue weighted by Crippen LogP contribution is 2.35. The second-order valence-electron chi connectivity index (χ2n) is 7.14. The smallest absolute Gasteiger partial charge is 0.0755 e. The lowest BCUT2D eigenvalue weighted by Crippen LogP contribution is -2.31. The van der Waals surface area contributed by atoms with Gasteiger partial charge >= 0.3 is 0 Å². The molecule has 0 radical (unpaired) electrons. The highest BCUT2D eigenvalue weighted by Gasteiger charge is 2.30. The second-order valence-corrected chi connectivity index (χ2v) is 7.14. The van der Waals surface area contributed by atoms with Gasteiger partial charge in [0, 0.05) is 59.1 Å². The van der Waals surface area contributed by atoms with Crippen LogP contribution in [0, 0.1) is 16.7 Å². The minimum Gasteiger partial charge on any atom is -0.388 e. The molecule has 24 heavy (non-hydrogen) atoms. The van der Waals surface area contributed by atoms with Gasteiger partial charge in [-0.1, -0.05) is 0 Å². The fourth-order valence-electron chi connectivity index (χ4n) is 2.82. The molecule has 3 rings (SSSR count). The van der Waals surface area contributed by atoms with E-state index in [1.165, 1.54) is 25.5 Å². The van der Waals surface area contributed by atoms with Gasteiger partial charge in [0.15, 0.2) is 0 Å². The average Bonchev–Trinajstić information content (AvgIpc) is 3.33. The molecule has 0 unspecified atom stereocenters. The third-order valence-corrected chi connectivity index (χ3v) is 4.65. The topological polar surface area (TPSA) is 84.7 Å². The van der Waals surface area contributed by atoms with Gasteiger partial charge in [-0.3, -0.25) is 4.98 Å². The van der Waals surface area contributed by atoms with Crippen LogP contribution in [0.25, 0.3) is 5.57 Å². The summed E-state index contributed by atoms with van der Waals surface area (Å²) >= 11 is 0. The number of rotatable bonds is 8.